The monoisotopic (exact) mass is 655 g/mol. The highest BCUT2D eigenvalue weighted by Gasteiger charge is 2.51. The quantitative estimate of drug-likeness (QED) is 0.0548. The first-order valence-electron chi connectivity index (χ1n) is 20.5. The highest BCUT2D eigenvalue weighted by Crippen LogP contribution is 2.40. The molecule has 47 heavy (non-hydrogen) atoms. The number of hydrazine groups is 1. The molecule has 0 aliphatic carbocycles. The molecular weight excluding hydrogens is 576 g/mol. The number of rotatable bonds is 31. The predicted molar refractivity (Wildman–Crippen MR) is 206 cm³/mol. The lowest BCUT2D eigenvalue weighted by Crippen LogP contribution is -2.40. The Morgan fingerprint density at radius 1 is 0.489 bits per heavy atom. The van der Waals surface area contributed by atoms with Crippen LogP contribution in [-0.2, 0) is 9.47 Å². The van der Waals surface area contributed by atoms with Crippen LogP contribution in [0.3, 0.4) is 0 Å². The molecule has 0 bridgehead atoms. The first-order valence-corrected chi connectivity index (χ1v) is 20.5. The number of unbranched alkanes of at least 4 members (excludes halogenated alkanes) is 18. The van der Waals surface area contributed by atoms with Crippen LogP contribution in [0.25, 0.3) is 0 Å². The summed E-state index contributed by atoms with van der Waals surface area (Å²) in [7, 11) is 4.25. The normalized spacial score (nSPS) is 20.0. The van der Waals surface area contributed by atoms with Gasteiger partial charge in [-0.15, -0.1) is 0 Å². The number of ether oxygens (including phenoxy) is 2. The second-order valence-electron chi connectivity index (χ2n) is 14.6. The van der Waals surface area contributed by atoms with Crippen molar-refractivity contribution in [3.63, 3.8) is 0 Å². The fourth-order valence-electron chi connectivity index (χ4n) is 6.98. The molecule has 4 nitrogen and oxygen atoms in total. The number of fused-ring (bicyclic) bond motifs is 1. The van der Waals surface area contributed by atoms with Crippen LogP contribution in [0, 0.1) is 0 Å². The van der Waals surface area contributed by atoms with E-state index in [0.29, 0.717) is 0 Å². The fourth-order valence-corrected chi connectivity index (χ4v) is 6.98. The molecule has 4 heteroatoms. The third kappa shape index (κ3) is 20.8. The topological polar surface area (TPSA) is 24.9 Å². The summed E-state index contributed by atoms with van der Waals surface area (Å²) in [5.41, 5.74) is 0. The second kappa shape index (κ2) is 28.6. The minimum absolute atomic E-state index is 0.228. The Hall–Kier alpha value is -1.20. The molecule has 2 aliphatic heterocycles. The first-order chi connectivity index (χ1) is 23.1. The van der Waals surface area contributed by atoms with Crippen LogP contribution < -0.4 is 0 Å². The highest BCUT2D eigenvalue weighted by atomic mass is 16.8. The van der Waals surface area contributed by atoms with E-state index in [4.69, 9.17) is 9.47 Å². The van der Waals surface area contributed by atoms with E-state index >= 15 is 0 Å². The van der Waals surface area contributed by atoms with Crippen molar-refractivity contribution in [2.24, 2.45) is 0 Å². The van der Waals surface area contributed by atoms with Crippen LogP contribution in [-0.4, -0.2) is 55.2 Å². The summed E-state index contributed by atoms with van der Waals surface area (Å²) in [6, 6.07) is 0. The second-order valence-corrected chi connectivity index (χ2v) is 14.6. The van der Waals surface area contributed by atoms with Crippen molar-refractivity contribution in [3.8, 4) is 0 Å². The molecule has 2 heterocycles. The van der Waals surface area contributed by atoms with Crippen molar-refractivity contribution < 1.29 is 9.47 Å². The number of hydrogen-bond donors (Lipinski definition) is 0. The average molecular weight is 655 g/mol. The Labute approximate surface area is 293 Å². The Morgan fingerprint density at radius 3 is 1.19 bits per heavy atom. The summed E-state index contributed by atoms with van der Waals surface area (Å²) in [4.78, 5) is 0. The zero-order chi connectivity index (χ0) is 33.7. The molecule has 0 saturated carbocycles. The number of allylic oxidation sites excluding steroid dienone is 8. The lowest BCUT2D eigenvalue weighted by molar-refractivity contribution is -0.200. The summed E-state index contributed by atoms with van der Waals surface area (Å²) < 4.78 is 13.6. The Kier molecular flexibility index (Phi) is 25.6. The van der Waals surface area contributed by atoms with Gasteiger partial charge in [0.25, 0.3) is 0 Å². The highest BCUT2D eigenvalue weighted by molar-refractivity contribution is 4.95. The largest absolute Gasteiger partial charge is 0.343 e. The number of hydrogen-bond acceptors (Lipinski definition) is 4. The Balaban J connectivity index is 1.55. The zero-order valence-electron chi connectivity index (χ0n) is 31.8. The van der Waals surface area contributed by atoms with Crippen molar-refractivity contribution in [2.45, 2.75) is 199 Å². The molecule has 0 spiro atoms. The summed E-state index contributed by atoms with van der Waals surface area (Å²) in [5, 5.41) is 4.55. The van der Waals surface area contributed by atoms with Gasteiger partial charge in [-0.05, 0) is 77.0 Å². The van der Waals surface area contributed by atoms with E-state index in [1.54, 1.807) is 0 Å². The van der Waals surface area contributed by atoms with E-state index in [2.05, 4.69) is 86.6 Å². The van der Waals surface area contributed by atoms with Crippen LogP contribution in [0.2, 0.25) is 0 Å². The molecule has 0 radical (unpaired) electrons. The molecule has 2 aliphatic rings. The van der Waals surface area contributed by atoms with Gasteiger partial charge in [0, 0.05) is 40.0 Å². The third-order valence-corrected chi connectivity index (χ3v) is 10.0. The van der Waals surface area contributed by atoms with Crippen LogP contribution in [0.4, 0.5) is 0 Å². The van der Waals surface area contributed by atoms with Crippen molar-refractivity contribution in [3.05, 3.63) is 48.6 Å². The van der Waals surface area contributed by atoms with Gasteiger partial charge in [-0.2, -0.15) is 0 Å². The standard InChI is InChI=1S/C43H78N2O2/c1-5-7-9-11-13-15-17-19-21-23-25-27-29-31-33-35-37-43(46-41-39-45(44(3)4)40-42(41)47-43)38-36-34-32-30-28-26-24-22-20-18-16-14-12-10-8-6-2/h13-16,19-22,41-42H,5-12,17-18,23-40H2,1-4H3/b15-13-,16-14-,21-19-,22-20-/t41-,42+. The molecule has 272 valence electrons. The van der Waals surface area contributed by atoms with Crippen molar-refractivity contribution >= 4 is 0 Å². The van der Waals surface area contributed by atoms with Crippen molar-refractivity contribution in [1.82, 2.24) is 10.0 Å². The smallest absolute Gasteiger partial charge is 0.169 e. The summed E-state index contributed by atoms with van der Waals surface area (Å²) in [6.07, 6.45) is 52.4. The van der Waals surface area contributed by atoms with E-state index in [1.807, 2.05) is 0 Å². The van der Waals surface area contributed by atoms with E-state index in [0.717, 1.165) is 38.8 Å². The van der Waals surface area contributed by atoms with Gasteiger partial charge in [0.2, 0.25) is 0 Å². The van der Waals surface area contributed by atoms with Gasteiger partial charge >= 0.3 is 0 Å². The zero-order valence-corrected chi connectivity index (χ0v) is 31.8. The molecule has 2 saturated heterocycles. The molecule has 2 rings (SSSR count). The summed E-state index contributed by atoms with van der Waals surface area (Å²) >= 11 is 0. The minimum atomic E-state index is -0.335. The summed E-state index contributed by atoms with van der Waals surface area (Å²) in [5.74, 6) is -0.335. The molecule has 2 fully saturated rings. The fraction of sp³-hybridized carbons (Fsp3) is 0.814. The molecular formula is C43H78N2O2. The summed E-state index contributed by atoms with van der Waals surface area (Å²) in [6.45, 7) is 6.47. The molecule has 0 unspecified atom stereocenters. The third-order valence-electron chi connectivity index (χ3n) is 10.0. The average Bonchev–Trinajstić information content (AvgIpc) is 3.61. The van der Waals surface area contributed by atoms with Crippen molar-refractivity contribution in [1.29, 1.82) is 0 Å². The maximum Gasteiger partial charge on any atom is 0.169 e. The van der Waals surface area contributed by atoms with Crippen LogP contribution in [0.15, 0.2) is 48.6 Å². The van der Waals surface area contributed by atoms with Gasteiger partial charge in [-0.1, -0.05) is 140 Å². The van der Waals surface area contributed by atoms with Crippen molar-refractivity contribution in [2.75, 3.05) is 27.2 Å². The van der Waals surface area contributed by atoms with Gasteiger partial charge in [-0.25, -0.2) is 10.0 Å². The molecule has 0 N–H and O–H groups in total. The maximum atomic E-state index is 6.79. The van der Waals surface area contributed by atoms with Gasteiger partial charge in [-0.3, -0.25) is 0 Å². The van der Waals surface area contributed by atoms with Gasteiger partial charge in [0.05, 0.1) is 0 Å². The molecule has 2 atom stereocenters. The van der Waals surface area contributed by atoms with Crippen LogP contribution in [0.1, 0.15) is 181 Å². The Morgan fingerprint density at radius 2 is 0.830 bits per heavy atom. The van der Waals surface area contributed by atoms with Crippen LogP contribution >= 0.6 is 0 Å². The van der Waals surface area contributed by atoms with E-state index in [-0.39, 0.29) is 18.0 Å². The lowest BCUT2D eigenvalue weighted by Gasteiger charge is -2.32. The molecule has 0 aromatic heterocycles. The number of nitrogens with zero attached hydrogens (tertiary/aromatic N) is 2. The molecule has 0 amide bonds. The maximum absolute atomic E-state index is 6.79. The van der Waals surface area contributed by atoms with E-state index in [9.17, 15) is 0 Å². The molecule has 0 aromatic carbocycles. The SMILES string of the molecule is CCCCC/C=C\C/C=C\CCCCCCCCC1(CCCCCCCC/C=C\C/C=C\CCCCC)O[C@H]2CN(N(C)C)C[C@H]2O1. The van der Waals surface area contributed by atoms with Crippen LogP contribution in [0.5, 0.6) is 0 Å². The minimum Gasteiger partial charge on any atom is -0.343 e. The van der Waals surface area contributed by atoms with Gasteiger partial charge in [0.1, 0.15) is 12.2 Å². The van der Waals surface area contributed by atoms with E-state index in [1.165, 1.54) is 141 Å². The molecule has 0 aromatic rings. The van der Waals surface area contributed by atoms with E-state index < -0.39 is 0 Å². The lowest BCUT2D eigenvalue weighted by atomic mass is 9.98. The van der Waals surface area contributed by atoms with Gasteiger partial charge < -0.3 is 9.47 Å². The predicted octanol–water partition coefficient (Wildman–Crippen LogP) is 12.7. The van der Waals surface area contributed by atoms with Gasteiger partial charge in [0.15, 0.2) is 5.79 Å². The first kappa shape index (κ1) is 42.0. The Bertz CT molecular complexity index is 768.